The summed E-state index contributed by atoms with van der Waals surface area (Å²) in [6, 6.07) is 31.3. The van der Waals surface area contributed by atoms with Gasteiger partial charge in [-0.15, -0.1) is 0 Å². The molecule has 35 heavy (non-hydrogen) atoms. The van der Waals surface area contributed by atoms with Gasteiger partial charge in [0.05, 0.1) is 16.3 Å². The molecule has 0 aliphatic rings. The number of hydrogen-bond acceptors (Lipinski definition) is 4. The molecular formula is C29H23N2O4+. The van der Waals surface area contributed by atoms with E-state index in [4.69, 9.17) is 9.47 Å². The summed E-state index contributed by atoms with van der Waals surface area (Å²) in [4.78, 5) is 25.7. The Balaban J connectivity index is 1.50. The van der Waals surface area contributed by atoms with Gasteiger partial charge in [0, 0.05) is 17.8 Å². The maximum atomic E-state index is 13.4. The van der Waals surface area contributed by atoms with Crippen LogP contribution in [0.1, 0.15) is 10.4 Å². The number of ether oxygens (including phenoxy) is 2. The largest absolute Gasteiger partial charge is 0.484 e. The number of aryl methyl sites for hydroxylation is 1. The van der Waals surface area contributed by atoms with Crippen molar-refractivity contribution in [2.75, 3.05) is 11.9 Å². The summed E-state index contributed by atoms with van der Waals surface area (Å²) >= 11 is 0. The molecule has 0 atom stereocenters. The maximum absolute atomic E-state index is 13.4. The molecule has 0 spiro atoms. The third-order valence-corrected chi connectivity index (χ3v) is 5.72. The van der Waals surface area contributed by atoms with Gasteiger partial charge in [-0.25, -0.2) is 4.79 Å². The number of pyridine rings is 1. The Labute approximate surface area is 202 Å². The summed E-state index contributed by atoms with van der Waals surface area (Å²) in [6.07, 6.45) is 0. The second kappa shape index (κ2) is 9.65. The molecule has 5 aromatic rings. The van der Waals surface area contributed by atoms with Gasteiger partial charge >= 0.3 is 5.97 Å². The zero-order valence-corrected chi connectivity index (χ0v) is 19.1. The molecule has 1 N–H and O–H groups in total. The topological polar surface area (TPSA) is 68.5 Å². The van der Waals surface area contributed by atoms with Crippen molar-refractivity contribution in [1.82, 2.24) is 0 Å². The molecule has 5 rings (SSSR count). The zero-order valence-electron chi connectivity index (χ0n) is 19.1. The highest BCUT2D eigenvalue weighted by Crippen LogP contribution is 2.29. The standard InChI is InChI=1S/C29H22N2O4/c1-31-25-15-9-8-14-23(25)28(29(33)35-21-12-6-3-7-13-21)24-18-22(16-17-26(24)31)34-19-27(32)30-20-10-4-2-5-11-20/h2-18H,19H2,1H3/p+1. The molecule has 0 saturated heterocycles. The van der Waals surface area contributed by atoms with Gasteiger partial charge < -0.3 is 14.8 Å². The molecule has 0 unspecified atom stereocenters. The molecule has 1 heterocycles. The molecule has 0 radical (unpaired) electrons. The van der Waals surface area contributed by atoms with Gasteiger partial charge in [-0.05, 0) is 42.5 Å². The highest BCUT2D eigenvalue weighted by Gasteiger charge is 2.24. The molecule has 0 bridgehead atoms. The van der Waals surface area contributed by atoms with Crippen molar-refractivity contribution < 1.29 is 23.6 Å². The first kappa shape index (κ1) is 22.1. The Hall–Kier alpha value is -4.71. The number of rotatable bonds is 6. The van der Waals surface area contributed by atoms with Crippen LogP contribution in [0.25, 0.3) is 21.8 Å². The van der Waals surface area contributed by atoms with Crippen LogP contribution in [0.15, 0.2) is 103 Å². The van der Waals surface area contributed by atoms with E-state index in [1.54, 1.807) is 24.3 Å². The van der Waals surface area contributed by atoms with Crippen molar-refractivity contribution >= 4 is 39.4 Å². The fraction of sp³-hybridized carbons (Fsp3) is 0.0690. The summed E-state index contributed by atoms with van der Waals surface area (Å²) in [5.41, 5.74) is 2.88. The first-order chi connectivity index (χ1) is 17.1. The van der Waals surface area contributed by atoms with Crippen molar-refractivity contribution in [1.29, 1.82) is 0 Å². The van der Waals surface area contributed by atoms with E-state index in [1.165, 1.54) is 0 Å². The molecule has 1 aromatic heterocycles. The van der Waals surface area contributed by atoms with Crippen LogP contribution < -0.4 is 19.4 Å². The van der Waals surface area contributed by atoms with Gasteiger partial charge in [0.2, 0.25) is 11.0 Å². The zero-order chi connectivity index (χ0) is 24.2. The van der Waals surface area contributed by atoms with Gasteiger partial charge in [-0.2, -0.15) is 4.57 Å². The van der Waals surface area contributed by atoms with Crippen LogP contribution in [0.5, 0.6) is 11.5 Å². The Morgan fingerprint density at radius 3 is 2.17 bits per heavy atom. The molecule has 6 heteroatoms. The molecular weight excluding hydrogens is 440 g/mol. The minimum Gasteiger partial charge on any atom is -0.484 e. The van der Waals surface area contributed by atoms with Gasteiger partial charge in [0.25, 0.3) is 5.91 Å². The van der Waals surface area contributed by atoms with Crippen LogP contribution in [0.3, 0.4) is 0 Å². The summed E-state index contributed by atoms with van der Waals surface area (Å²) in [7, 11) is 1.95. The number of hydrogen-bond donors (Lipinski definition) is 1. The van der Waals surface area contributed by atoms with E-state index in [-0.39, 0.29) is 12.5 Å². The quantitative estimate of drug-likeness (QED) is 0.166. The fourth-order valence-corrected chi connectivity index (χ4v) is 4.08. The SMILES string of the molecule is C[n+]1c2ccccc2c(C(=O)Oc2ccccc2)c2cc(OCC(=O)Nc3ccccc3)ccc21. The minimum absolute atomic E-state index is 0.163. The van der Waals surface area contributed by atoms with E-state index in [1.807, 2.05) is 90.5 Å². The van der Waals surface area contributed by atoms with E-state index < -0.39 is 5.97 Å². The Morgan fingerprint density at radius 1 is 0.743 bits per heavy atom. The molecule has 0 fully saturated rings. The lowest BCUT2D eigenvalue weighted by Gasteiger charge is -2.12. The summed E-state index contributed by atoms with van der Waals surface area (Å²) in [5, 5.41) is 4.24. The first-order valence-electron chi connectivity index (χ1n) is 11.2. The number of aromatic nitrogens is 1. The van der Waals surface area contributed by atoms with E-state index in [2.05, 4.69) is 5.32 Å². The van der Waals surface area contributed by atoms with Crippen LogP contribution in [-0.2, 0) is 11.8 Å². The number of para-hydroxylation sites is 3. The van der Waals surface area contributed by atoms with Crippen LogP contribution >= 0.6 is 0 Å². The van der Waals surface area contributed by atoms with Gasteiger partial charge in [0.1, 0.15) is 18.5 Å². The average molecular weight is 464 g/mol. The highest BCUT2D eigenvalue weighted by molar-refractivity contribution is 6.13. The fourth-order valence-electron chi connectivity index (χ4n) is 4.08. The molecule has 172 valence electrons. The van der Waals surface area contributed by atoms with E-state index in [0.29, 0.717) is 28.1 Å². The Bertz CT molecular complexity index is 1530. The van der Waals surface area contributed by atoms with Crippen molar-refractivity contribution in [3.8, 4) is 11.5 Å². The van der Waals surface area contributed by atoms with E-state index >= 15 is 0 Å². The number of fused-ring (bicyclic) bond motifs is 2. The van der Waals surface area contributed by atoms with Crippen molar-refractivity contribution in [3.05, 3.63) is 109 Å². The van der Waals surface area contributed by atoms with Crippen LogP contribution in [0.4, 0.5) is 5.69 Å². The van der Waals surface area contributed by atoms with Crippen LogP contribution in [0, 0.1) is 0 Å². The second-order valence-corrected chi connectivity index (χ2v) is 8.04. The number of esters is 1. The lowest BCUT2D eigenvalue weighted by atomic mass is 10.0. The lowest BCUT2D eigenvalue weighted by Crippen LogP contribution is -2.31. The first-order valence-corrected chi connectivity index (χ1v) is 11.2. The molecule has 0 saturated carbocycles. The predicted molar refractivity (Wildman–Crippen MR) is 135 cm³/mol. The van der Waals surface area contributed by atoms with Gasteiger partial charge in [-0.3, -0.25) is 4.79 Å². The third-order valence-electron chi connectivity index (χ3n) is 5.72. The number of nitrogens with zero attached hydrogens (tertiary/aromatic N) is 1. The van der Waals surface area contributed by atoms with E-state index in [0.717, 1.165) is 16.4 Å². The van der Waals surface area contributed by atoms with Crippen LogP contribution in [0.2, 0.25) is 0 Å². The Kier molecular flexibility index (Phi) is 6.09. The number of carbonyl (C=O) groups excluding carboxylic acids is 2. The Morgan fingerprint density at radius 2 is 1.40 bits per heavy atom. The van der Waals surface area contributed by atoms with Crippen molar-refractivity contribution in [3.63, 3.8) is 0 Å². The van der Waals surface area contributed by atoms with Crippen LogP contribution in [-0.4, -0.2) is 18.5 Å². The predicted octanol–water partition coefficient (Wildman–Crippen LogP) is 5.05. The maximum Gasteiger partial charge on any atom is 0.345 e. The number of nitrogens with one attached hydrogen (secondary N) is 1. The normalized spacial score (nSPS) is 10.8. The summed E-state index contributed by atoms with van der Waals surface area (Å²) in [6.45, 7) is -0.163. The summed E-state index contributed by atoms with van der Waals surface area (Å²) in [5.74, 6) is 0.207. The smallest absolute Gasteiger partial charge is 0.345 e. The molecule has 4 aromatic carbocycles. The second-order valence-electron chi connectivity index (χ2n) is 8.04. The lowest BCUT2D eigenvalue weighted by molar-refractivity contribution is -0.617. The van der Waals surface area contributed by atoms with E-state index in [9.17, 15) is 9.59 Å². The molecule has 0 aliphatic heterocycles. The molecule has 1 amide bonds. The highest BCUT2D eigenvalue weighted by atomic mass is 16.5. The monoisotopic (exact) mass is 463 g/mol. The number of amides is 1. The number of anilines is 1. The average Bonchev–Trinajstić information content (AvgIpc) is 2.89. The minimum atomic E-state index is -0.461. The summed E-state index contributed by atoms with van der Waals surface area (Å²) < 4.78 is 13.5. The van der Waals surface area contributed by atoms with Crippen molar-refractivity contribution in [2.24, 2.45) is 7.05 Å². The number of carbonyl (C=O) groups is 2. The third kappa shape index (κ3) is 4.68. The molecule has 6 nitrogen and oxygen atoms in total. The molecule has 0 aliphatic carbocycles. The van der Waals surface area contributed by atoms with Gasteiger partial charge in [-0.1, -0.05) is 48.5 Å². The number of benzene rings is 4. The van der Waals surface area contributed by atoms with Crippen molar-refractivity contribution in [2.45, 2.75) is 0 Å². The van der Waals surface area contributed by atoms with Gasteiger partial charge in [0.15, 0.2) is 6.61 Å².